The molecule has 2 rings (SSSR count). The molecule has 2 aromatic rings. The zero-order valence-corrected chi connectivity index (χ0v) is 13.3. The fourth-order valence-electron chi connectivity index (χ4n) is 1.86. The first kappa shape index (κ1) is 16.5. The van der Waals surface area contributed by atoms with E-state index in [0.717, 1.165) is 12.0 Å². The molecule has 1 heterocycles. The lowest BCUT2D eigenvalue weighted by atomic mass is 10.2. The van der Waals surface area contributed by atoms with Gasteiger partial charge in [0.15, 0.2) is 0 Å². The van der Waals surface area contributed by atoms with Crippen molar-refractivity contribution in [1.82, 2.24) is 9.71 Å². The van der Waals surface area contributed by atoms with Crippen molar-refractivity contribution < 1.29 is 13.2 Å². The van der Waals surface area contributed by atoms with E-state index in [-0.39, 0.29) is 18.9 Å². The molecule has 1 aromatic heterocycles. The minimum absolute atomic E-state index is 0.0758. The van der Waals surface area contributed by atoms with Gasteiger partial charge in [-0.15, -0.1) is 0 Å². The maximum Gasteiger partial charge on any atom is 0.215 e. The van der Waals surface area contributed by atoms with Gasteiger partial charge in [0.25, 0.3) is 0 Å². The second-order valence-corrected chi connectivity index (χ2v) is 6.77. The van der Waals surface area contributed by atoms with Gasteiger partial charge in [0.05, 0.1) is 5.75 Å². The van der Waals surface area contributed by atoms with Gasteiger partial charge >= 0.3 is 0 Å². The number of nitrogens with zero attached hydrogens (tertiary/aromatic N) is 1. The van der Waals surface area contributed by atoms with Crippen molar-refractivity contribution in [3.05, 3.63) is 59.9 Å². The van der Waals surface area contributed by atoms with Crippen molar-refractivity contribution in [2.75, 3.05) is 12.4 Å². The van der Waals surface area contributed by atoms with Crippen LogP contribution in [0.4, 0.5) is 0 Å². The molecule has 0 unspecified atom stereocenters. The summed E-state index contributed by atoms with van der Waals surface area (Å²) in [5, 5.41) is 0. The summed E-state index contributed by atoms with van der Waals surface area (Å²) in [6.45, 7) is 2.46. The molecule has 0 amide bonds. The fourth-order valence-corrected chi connectivity index (χ4v) is 2.69. The van der Waals surface area contributed by atoms with Gasteiger partial charge in [0.2, 0.25) is 10.0 Å². The van der Waals surface area contributed by atoms with Crippen LogP contribution in [-0.2, 0) is 23.0 Å². The minimum atomic E-state index is -3.36. The predicted octanol–water partition coefficient (Wildman–Crippen LogP) is 2.14. The number of hydrogen-bond acceptors (Lipinski definition) is 4. The van der Waals surface area contributed by atoms with E-state index in [1.165, 1.54) is 5.56 Å². The zero-order valence-electron chi connectivity index (χ0n) is 12.5. The molecule has 1 aromatic carbocycles. The minimum Gasteiger partial charge on any atom is -0.492 e. The van der Waals surface area contributed by atoms with Crippen LogP contribution in [0.5, 0.6) is 5.75 Å². The van der Waals surface area contributed by atoms with Crippen LogP contribution in [0.3, 0.4) is 0 Å². The predicted molar refractivity (Wildman–Crippen MR) is 86.2 cm³/mol. The Balaban J connectivity index is 1.77. The van der Waals surface area contributed by atoms with Crippen LogP contribution >= 0.6 is 0 Å². The van der Waals surface area contributed by atoms with Crippen LogP contribution < -0.4 is 9.46 Å². The van der Waals surface area contributed by atoms with E-state index in [1.54, 1.807) is 24.5 Å². The topological polar surface area (TPSA) is 68.3 Å². The maximum absolute atomic E-state index is 11.9. The molecule has 0 radical (unpaired) electrons. The summed E-state index contributed by atoms with van der Waals surface area (Å²) in [6.07, 6.45) is 4.23. The van der Waals surface area contributed by atoms with Gasteiger partial charge in [0.1, 0.15) is 12.4 Å². The van der Waals surface area contributed by atoms with Crippen LogP contribution in [-0.4, -0.2) is 25.8 Å². The first-order valence-electron chi connectivity index (χ1n) is 7.17. The fraction of sp³-hybridized carbons (Fsp3) is 0.312. The van der Waals surface area contributed by atoms with Crippen LogP contribution in [0.15, 0.2) is 48.8 Å². The number of ether oxygens (including phenoxy) is 1. The Morgan fingerprint density at radius 1 is 1.05 bits per heavy atom. The second kappa shape index (κ2) is 7.91. The normalized spacial score (nSPS) is 11.3. The highest BCUT2D eigenvalue weighted by Crippen LogP contribution is 2.12. The van der Waals surface area contributed by atoms with Crippen molar-refractivity contribution in [3.63, 3.8) is 0 Å². The highest BCUT2D eigenvalue weighted by Gasteiger charge is 2.10. The molecule has 0 saturated carbocycles. The van der Waals surface area contributed by atoms with Gasteiger partial charge in [-0.1, -0.05) is 19.1 Å². The molecule has 0 aliphatic carbocycles. The number of nitrogens with one attached hydrogen (secondary N) is 1. The van der Waals surface area contributed by atoms with E-state index < -0.39 is 10.0 Å². The average Bonchev–Trinajstić information content (AvgIpc) is 2.55. The molecule has 0 spiro atoms. The number of hydrogen-bond donors (Lipinski definition) is 1. The summed E-state index contributed by atoms with van der Waals surface area (Å²) < 4.78 is 31.8. The summed E-state index contributed by atoms with van der Waals surface area (Å²) >= 11 is 0. The third-order valence-electron chi connectivity index (χ3n) is 3.20. The number of benzene rings is 1. The molecular weight excluding hydrogens is 300 g/mol. The summed E-state index contributed by atoms with van der Waals surface area (Å²) in [5.41, 5.74) is 2.09. The van der Waals surface area contributed by atoms with E-state index in [1.807, 2.05) is 24.3 Å². The Bertz CT molecular complexity index is 670. The molecular formula is C16H20N2O3S. The van der Waals surface area contributed by atoms with Crippen LogP contribution in [0.2, 0.25) is 0 Å². The van der Waals surface area contributed by atoms with Gasteiger partial charge in [-0.05, 0) is 41.8 Å². The smallest absolute Gasteiger partial charge is 0.215 e. The third-order valence-corrected chi connectivity index (χ3v) is 4.49. The van der Waals surface area contributed by atoms with Crippen molar-refractivity contribution in [3.8, 4) is 5.75 Å². The Kier molecular flexibility index (Phi) is 5.91. The van der Waals surface area contributed by atoms with Gasteiger partial charge in [-0.2, -0.15) is 0 Å². The summed E-state index contributed by atoms with van der Waals surface area (Å²) in [7, 11) is -3.36. The second-order valence-electron chi connectivity index (χ2n) is 4.84. The molecule has 22 heavy (non-hydrogen) atoms. The molecule has 0 aliphatic heterocycles. The zero-order chi connectivity index (χ0) is 15.8. The lowest BCUT2D eigenvalue weighted by molar-refractivity contribution is 0.340. The molecule has 1 N–H and O–H groups in total. The molecule has 0 aliphatic rings. The molecule has 0 saturated heterocycles. The van der Waals surface area contributed by atoms with Gasteiger partial charge < -0.3 is 4.74 Å². The average molecular weight is 320 g/mol. The maximum atomic E-state index is 11.9. The van der Waals surface area contributed by atoms with Crippen LogP contribution in [0.1, 0.15) is 18.1 Å². The molecule has 0 bridgehead atoms. The first-order valence-corrected chi connectivity index (χ1v) is 8.82. The lowest BCUT2D eigenvalue weighted by Crippen LogP contribution is -2.28. The van der Waals surface area contributed by atoms with Crippen molar-refractivity contribution >= 4 is 10.0 Å². The monoisotopic (exact) mass is 320 g/mol. The van der Waals surface area contributed by atoms with E-state index in [0.29, 0.717) is 5.75 Å². The lowest BCUT2D eigenvalue weighted by Gasteiger charge is -2.09. The number of rotatable bonds is 8. The quantitative estimate of drug-likeness (QED) is 0.809. The molecule has 6 heteroatoms. The number of pyridine rings is 1. The Morgan fingerprint density at radius 2 is 1.73 bits per heavy atom. The number of aromatic nitrogens is 1. The van der Waals surface area contributed by atoms with Crippen molar-refractivity contribution in [1.29, 1.82) is 0 Å². The van der Waals surface area contributed by atoms with Crippen LogP contribution in [0.25, 0.3) is 0 Å². The van der Waals surface area contributed by atoms with Crippen molar-refractivity contribution in [2.45, 2.75) is 19.9 Å². The van der Waals surface area contributed by atoms with E-state index >= 15 is 0 Å². The summed E-state index contributed by atoms with van der Waals surface area (Å²) in [4.78, 5) is 3.89. The van der Waals surface area contributed by atoms with Crippen molar-refractivity contribution in [2.24, 2.45) is 0 Å². The van der Waals surface area contributed by atoms with Gasteiger partial charge in [0, 0.05) is 18.9 Å². The van der Waals surface area contributed by atoms with Gasteiger partial charge in [-0.3, -0.25) is 4.98 Å². The first-order chi connectivity index (χ1) is 10.6. The van der Waals surface area contributed by atoms with E-state index in [9.17, 15) is 8.42 Å². The highest BCUT2D eigenvalue weighted by atomic mass is 32.2. The van der Waals surface area contributed by atoms with E-state index in [2.05, 4.69) is 16.6 Å². The summed E-state index contributed by atoms with van der Waals surface area (Å²) in [6, 6.07) is 11.2. The SMILES string of the molecule is CCc1ccc(OCCS(=O)(=O)NCc2ccncc2)cc1. The molecule has 5 nitrogen and oxygen atoms in total. The highest BCUT2D eigenvalue weighted by molar-refractivity contribution is 7.89. The van der Waals surface area contributed by atoms with E-state index in [4.69, 9.17) is 4.74 Å². The largest absolute Gasteiger partial charge is 0.492 e. The van der Waals surface area contributed by atoms with Gasteiger partial charge in [-0.25, -0.2) is 13.1 Å². The third kappa shape index (κ3) is 5.46. The number of sulfonamides is 1. The summed E-state index contributed by atoms with van der Waals surface area (Å²) in [5.74, 6) is 0.606. The molecule has 0 fully saturated rings. The molecule has 0 atom stereocenters. The Hall–Kier alpha value is -1.92. The standard InChI is InChI=1S/C16H20N2O3S/c1-2-14-3-5-16(6-4-14)21-11-12-22(19,20)18-13-15-7-9-17-10-8-15/h3-10,18H,2,11-13H2,1H3. The molecule has 118 valence electrons. The van der Waals surface area contributed by atoms with Crippen LogP contribution in [0, 0.1) is 0 Å². The number of aryl methyl sites for hydroxylation is 1. The Labute approximate surface area is 131 Å². The Morgan fingerprint density at radius 3 is 2.36 bits per heavy atom.